The summed E-state index contributed by atoms with van der Waals surface area (Å²) in [5, 5.41) is -0.0456. The molecule has 0 aromatic heterocycles. The first-order valence-electron chi connectivity index (χ1n) is 8.67. The molecule has 4 rings (SSSR count). The second-order valence-corrected chi connectivity index (χ2v) is 8.50. The van der Waals surface area contributed by atoms with Crippen LogP contribution in [0.3, 0.4) is 0 Å². The van der Waals surface area contributed by atoms with Crippen LogP contribution in [0.15, 0.2) is 46.9 Å². The lowest BCUT2D eigenvalue weighted by Crippen LogP contribution is -2.43. The van der Waals surface area contributed by atoms with Gasteiger partial charge in [-0.3, -0.25) is 4.79 Å². The Bertz CT molecular complexity index is 828. The molecule has 2 aromatic rings. The van der Waals surface area contributed by atoms with Crippen molar-refractivity contribution in [3.05, 3.63) is 58.1 Å². The van der Waals surface area contributed by atoms with Crippen LogP contribution in [-0.2, 0) is 11.2 Å². The monoisotopic (exact) mass is 433 g/mol. The van der Waals surface area contributed by atoms with Crippen molar-refractivity contribution in [3.8, 4) is 11.5 Å². The highest BCUT2D eigenvalue weighted by atomic mass is 79.9. The Morgan fingerprint density at radius 2 is 2.15 bits per heavy atom. The normalized spacial score (nSPS) is 21.8. The van der Waals surface area contributed by atoms with Gasteiger partial charge >= 0.3 is 0 Å². The summed E-state index contributed by atoms with van der Waals surface area (Å²) < 4.78 is 12.5. The van der Waals surface area contributed by atoms with E-state index in [2.05, 4.69) is 22.0 Å². The number of hydrogen-bond donors (Lipinski definition) is 0. The highest BCUT2D eigenvalue weighted by Gasteiger charge is 2.38. The largest absolute Gasteiger partial charge is 0.496 e. The second-order valence-electron chi connectivity index (χ2n) is 6.39. The van der Waals surface area contributed by atoms with Crippen molar-refractivity contribution in [2.75, 3.05) is 19.4 Å². The maximum absolute atomic E-state index is 13.2. The van der Waals surface area contributed by atoms with Crippen LogP contribution in [0.4, 0.5) is 0 Å². The number of hydrogen-bond acceptors (Lipinski definition) is 4. The maximum atomic E-state index is 13.2. The molecule has 0 spiro atoms. The van der Waals surface area contributed by atoms with Gasteiger partial charge in [-0.25, -0.2) is 0 Å². The van der Waals surface area contributed by atoms with Crippen LogP contribution >= 0.6 is 27.7 Å². The predicted molar refractivity (Wildman–Crippen MR) is 107 cm³/mol. The van der Waals surface area contributed by atoms with Gasteiger partial charge in [-0.2, -0.15) is 0 Å². The smallest absolute Gasteiger partial charge is 0.264 e. The van der Waals surface area contributed by atoms with Gasteiger partial charge in [-0.15, -0.1) is 11.8 Å². The molecule has 2 aliphatic rings. The summed E-state index contributed by atoms with van der Waals surface area (Å²) in [5.41, 5.74) is 2.20. The van der Waals surface area contributed by atoms with E-state index in [4.69, 9.17) is 9.47 Å². The topological polar surface area (TPSA) is 38.8 Å². The number of carbonyl (C=O) groups excluding carboxylic acids is 1. The third-order valence-corrected chi connectivity index (χ3v) is 6.56. The Morgan fingerprint density at radius 3 is 3.00 bits per heavy atom. The molecular formula is C20H20BrNO3S. The molecule has 0 radical (unpaired) electrons. The van der Waals surface area contributed by atoms with Gasteiger partial charge in [0.05, 0.1) is 7.11 Å². The van der Waals surface area contributed by atoms with Crippen molar-refractivity contribution < 1.29 is 14.3 Å². The number of fused-ring (bicyclic) bond motifs is 1. The molecule has 0 N–H and O–H groups in total. The van der Waals surface area contributed by atoms with Crippen molar-refractivity contribution in [1.82, 2.24) is 4.90 Å². The molecule has 1 amide bonds. The zero-order chi connectivity index (χ0) is 18.1. The van der Waals surface area contributed by atoms with Crippen molar-refractivity contribution in [3.63, 3.8) is 0 Å². The Kier molecular flexibility index (Phi) is 5.14. The molecule has 26 heavy (non-hydrogen) atoms. The predicted octanol–water partition coefficient (Wildman–Crippen LogP) is 4.43. The fourth-order valence-corrected chi connectivity index (χ4v) is 5.19. The summed E-state index contributed by atoms with van der Waals surface area (Å²) in [6.45, 7) is 0.728. The molecule has 0 saturated carbocycles. The van der Waals surface area contributed by atoms with E-state index in [-0.39, 0.29) is 11.3 Å². The molecule has 136 valence electrons. The van der Waals surface area contributed by atoms with Crippen LogP contribution in [0.1, 0.15) is 22.9 Å². The van der Waals surface area contributed by atoms with Crippen molar-refractivity contribution in [2.45, 2.75) is 24.3 Å². The molecule has 2 aliphatic heterocycles. The van der Waals surface area contributed by atoms with Gasteiger partial charge in [0, 0.05) is 22.3 Å². The van der Waals surface area contributed by atoms with Crippen LogP contribution in [0.2, 0.25) is 0 Å². The molecular weight excluding hydrogens is 414 g/mol. The number of para-hydroxylation sites is 1. The van der Waals surface area contributed by atoms with Crippen LogP contribution in [0.5, 0.6) is 11.5 Å². The zero-order valence-electron chi connectivity index (χ0n) is 14.5. The molecule has 0 bridgehead atoms. The zero-order valence-corrected chi connectivity index (χ0v) is 16.9. The van der Waals surface area contributed by atoms with E-state index in [1.54, 1.807) is 18.9 Å². The number of thioether (sulfide) groups is 1. The van der Waals surface area contributed by atoms with Gasteiger partial charge in [0.2, 0.25) is 0 Å². The average Bonchev–Trinajstić information content (AvgIpc) is 3.16. The summed E-state index contributed by atoms with van der Waals surface area (Å²) in [6.07, 6.45) is 1.18. The molecule has 0 aliphatic carbocycles. The van der Waals surface area contributed by atoms with E-state index in [1.807, 2.05) is 41.3 Å². The van der Waals surface area contributed by atoms with Gasteiger partial charge in [-0.1, -0.05) is 34.1 Å². The van der Waals surface area contributed by atoms with E-state index >= 15 is 0 Å². The van der Waals surface area contributed by atoms with Crippen LogP contribution in [0.25, 0.3) is 0 Å². The van der Waals surface area contributed by atoms with E-state index in [0.29, 0.717) is 0 Å². The minimum absolute atomic E-state index is 0.0456. The van der Waals surface area contributed by atoms with Gasteiger partial charge < -0.3 is 14.4 Å². The first-order chi connectivity index (χ1) is 12.7. The number of aryl methyl sites for hydroxylation is 1. The number of methoxy groups -OCH3 is 1. The van der Waals surface area contributed by atoms with E-state index in [0.717, 1.165) is 46.7 Å². The molecule has 1 fully saturated rings. The number of benzene rings is 2. The van der Waals surface area contributed by atoms with Gasteiger partial charge in [-0.05, 0) is 42.7 Å². The van der Waals surface area contributed by atoms with Crippen LogP contribution in [0, 0.1) is 0 Å². The highest BCUT2D eigenvalue weighted by Crippen LogP contribution is 2.43. The lowest BCUT2D eigenvalue weighted by molar-refractivity contribution is -0.139. The third kappa shape index (κ3) is 3.32. The molecule has 2 unspecified atom stereocenters. The number of amides is 1. The first-order valence-corrected chi connectivity index (χ1v) is 10.5. The minimum Gasteiger partial charge on any atom is -0.496 e. The Labute approximate surface area is 166 Å². The Hall–Kier alpha value is -1.66. The SMILES string of the molecule is COc1ccc(Br)cc1C1SCCN1C(=O)C1CCc2ccccc2O1. The minimum atomic E-state index is -0.413. The van der Waals surface area contributed by atoms with Crippen molar-refractivity contribution >= 4 is 33.6 Å². The summed E-state index contributed by atoms with van der Waals surface area (Å²) in [4.78, 5) is 15.2. The summed E-state index contributed by atoms with van der Waals surface area (Å²) >= 11 is 5.30. The summed E-state index contributed by atoms with van der Waals surface area (Å²) in [5.74, 6) is 2.62. The molecule has 4 nitrogen and oxygen atoms in total. The molecule has 2 aromatic carbocycles. The number of halogens is 1. The van der Waals surface area contributed by atoms with Crippen LogP contribution in [-0.4, -0.2) is 36.3 Å². The fraction of sp³-hybridized carbons (Fsp3) is 0.350. The van der Waals surface area contributed by atoms with Gasteiger partial charge in [0.25, 0.3) is 5.91 Å². The number of ether oxygens (including phenoxy) is 2. The Morgan fingerprint density at radius 1 is 1.31 bits per heavy atom. The number of carbonyl (C=O) groups is 1. The van der Waals surface area contributed by atoms with Crippen molar-refractivity contribution in [1.29, 1.82) is 0 Å². The van der Waals surface area contributed by atoms with Gasteiger partial charge in [0.1, 0.15) is 16.9 Å². The summed E-state index contributed by atoms with van der Waals surface area (Å²) in [7, 11) is 1.67. The van der Waals surface area contributed by atoms with E-state index in [9.17, 15) is 4.79 Å². The molecule has 1 saturated heterocycles. The quantitative estimate of drug-likeness (QED) is 0.717. The number of rotatable bonds is 3. The highest BCUT2D eigenvalue weighted by molar-refractivity contribution is 9.10. The van der Waals surface area contributed by atoms with E-state index < -0.39 is 6.10 Å². The lowest BCUT2D eigenvalue weighted by atomic mass is 10.0. The first kappa shape index (κ1) is 17.7. The molecule has 2 atom stereocenters. The molecule has 2 heterocycles. The standard InChI is InChI=1S/C20H20BrNO3S/c1-24-17-9-7-14(21)12-15(17)20-22(10-11-26-20)19(23)18-8-6-13-4-2-3-5-16(13)25-18/h2-5,7,9,12,18,20H,6,8,10-11H2,1H3. The third-order valence-electron chi connectivity index (χ3n) is 4.83. The fourth-order valence-electron chi connectivity index (χ4n) is 3.53. The van der Waals surface area contributed by atoms with Crippen molar-refractivity contribution in [2.24, 2.45) is 0 Å². The second kappa shape index (κ2) is 7.53. The molecule has 6 heteroatoms. The van der Waals surface area contributed by atoms with Crippen LogP contribution < -0.4 is 9.47 Å². The van der Waals surface area contributed by atoms with E-state index in [1.165, 1.54) is 5.56 Å². The Balaban J connectivity index is 1.57. The maximum Gasteiger partial charge on any atom is 0.264 e. The lowest BCUT2D eigenvalue weighted by Gasteiger charge is -2.31. The number of nitrogens with zero attached hydrogens (tertiary/aromatic N) is 1. The summed E-state index contributed by atoms with van der Waals surface area (Å²) in [6, 6.07) is 13.9. The average molecular weight is 434 g/mol. The van der Waals surface area contributed by atoms with Gasteiger partial charge in [0.15, 0.2) is 6.10 Å².